The summed E-state index contributed by atoms with van der Waals surface area (Å²) in [7, 11) is 0. The van der Waals surface area contributed by atoms with E-state index in [1.165, 1.54) is 12.1 Å². The summed E-state index contributed by atoms with van der Waals surface area (Å²) in [6, 6.07) is 4.61. The fraction of sp³-hybridized carbons (Fsp3) is 0.0909. The van der Waals surface area contributed by atoms with Crippen molar-refractivity contribution in [1.29, 1.82) is 0 Å². The molecule has 3 N–H and O–H groups in total. The number of benzene rings is 1. The van der Waals surface area contributed by atoms with E-state index in [0.29, 0.717) is 10.2 Å². The number of nitrogens with one attached hydrogen (secondary N) is 2. The van der Waals surface area contributed by atoms with Crippen LogP contribution >= 0.6 is 27.3 Å². The summed E-state index contributed by atoms with van der Waals surface area (Å²) < 4.78 is 0.703. The van der Waals surface area contributed by atoms with Crippen molar-refractivity contribution in [2.24, 2.45) is 0 Å². The second-order valence-electron chi connectivity index (χ2n) is 3.52. The van der Waals surface area contributed by atoms with E-state index in [1.807, 2.05) is 0 Å². The fourth-order valence-electron chi connectivity index (χ4n) is 1.36. The first-order valence-corrected chi connectivity index (χ1v) is 6.67. The Morgan fingerprint density at radius 3 is 2.94 bits per heavy atom. The largest absolute Gasteiger partial charge is 0.507 e. The molecule has 0 saturated heterocycles. The second-order valence-corrected chi connectivity index (χ2v) is 5.28. The Hall–Kier alpha value is -1.60. The number of aromatic amines is 1. The van der Waals surface area contributed by atoms with Crippen molar-refractivity contribution in [2.75, 3.05) is 0 Å². The molecule has 1 aromatic carbocycles. The van der Waals surface area contributed by atoms with Gasteiger partial charge in [0.25, 0.3) is 5.91 Å². The summed E-state index contributed by atoms with van der Waals surface area (Å²) in [5.41, 5.74) is 0.815. The highest BCUT2D eigenvalue weighted by Gasteiger charge is 2.11. The molecular weight excluding hydrogens is 320 g/mol. The number of aromatic nitrogens is 1. The lowest BCUT2D eigenvalue weighted by atomic mass is 10.2. The SMILES string of the molecule is O=C(NCc1csc(=O)[nH]1)c1cc(Br)ccc1O. The maximum absolute atomic E-state index is 11.8. The number of phenolic OH excluding ortho intramolecular Hbond substituents is 1. The lowest BCUT2D eigenvalue weighted by Gasteiger charge is -2.06. The van der Waals surface area contributed by atoms with Gasteiger partial charge in [-0.25, -0.2) is 0 Å². The van der Waals surface area contributed by atoms with Gasteiger partial charge in [0.15, 0.2) is 0 Å². The maximum atomic E-state index is 11.8. The van der Waals surface area contributed by atoms with Crippen LogP contribution in [0.4, 0.5) is 0 Å². The number of hydrogen-bond donors (Lipinski definition) is 3. The Morgan fingerprint density at radius 2 is 2.28 bits per heavy atom. The quantitative estimate of drug-likeness (QED) is 0.803. The van der Waals surface area contributed by atoms with Crippen molar-refractivity contribution in [3.05, 3.63) is 49.0 Å². The molecule has 2 rings (SSSR count). The summed E-state index contributed by atoms with van der Waals surface area (Å²) >= 11 is 4.27. The van der Waals surface area contributed by atoms with E-state index in [2.05, 4.69) is 26.2 Å². The molecule has 1 heterocycles. The van der Waals surface area contributed by atoms with Gasteiger partial charge < -0.3 is 15.4 Å². The molecule has 0 spiro atoms. The Labute approximate surface area is 115 Å². The monoisotopic (exact) mass is 328 g/mol. The van der Waals surface area contributed by atoms with Gasteiger partial charge in [0.2, 0.25) is 0 Å². The summed E-state index contributed by atoms with van der Waals surface area (Å²) in [5, 5.41) is 13.8. The standard InChI is InChI=1S/C11H9BrN2O3S/c12-6-1-2-9(15)8(3-6)10(16)13-4-7-5-18-11(17)14-7/h1-3,5,15H,4H2,(H,13,16)(H,14,17). The predicted octanol–water partition coefficient (Wildman–Crippen LogP) is 1.83. The Balaban J connectivity index is 2.08. The third-order valence-electron chi connectivity index (χ3n) is 2.21. The van der Waals surface area contributed by atoms with Gasteiger partial charge in [0, 0.05) is 15.5 Å². The van der Waals surface area contributed by atoms with Crippen LogP contribution in [-0.2, 0) is 6.54 Å². The van der Waals surface area contributed by atoms with Crippen LogP contribution in [0, 0.1) is 0 Å². The smallest absolute Gasteiger partial charge is 0.304 e. The predicted molar refractivity (Wildman–Crippen MR) is 71.9 cm³/mol. The molecule has 0 unspecified atom stereocenters. The molecule has 1 aromatic heterocycles. The highest BCUT2D eigenvalue weighted by atomic mass is 79.9. The molecule has 1 amide bonds. The maximum Gasteiger partial charge on any atom is 0.304 e. The van der Waals surface area contributed by atoms with Gasteiger partial charge in [-0.05, 0) is 18.2 Å². The zero-order valence-electron chi connectivity index (χ0n) is 9.07. The van der Waals surface area contributed by atoms with E-state index >= 15 is 0 Å². The van der Waals surface area contributed by atoms with Crippen molar-refractivity contribution >= 4 is 33.2 Å². The molecule has 94 valence electrons. The Bertz CT molecular complexity index is 635. The van der Waals surface area contributed by atoms with Crippen LogP contribution in [0.5, 0.6) is 5.75 Å². The molecule has 0 radical (unpaired) electrons. The summed E-state index contributed by atoms with van der Waals surface area (Å²) in [6.45, 7) is 0.212. The van der Waals surface area contributed by atoms with E-state index < -0.39 is 5.91 Å². The molecule has 18 heavy (non-hydrogen) atoms. The van der Waals surface area contributed by atoms with E-state index in [4.69, 9.17) is 0 Å². The molecule has 0 aliphatic heterocycles. The van der Waals surface area contributed by atoms with Crippen LogP contribution < -0.4 is 10.2 Å². The van der Waals surface area contributed by atoms with E-state index in [1.54, 1.807) is 11.4 Å². The van der Waals surface area contributed by atoms with Crippen molar-refractivity contribution in [3.8, 4) is 5.75 Å². The average Bonchev–Trinajstić information content (AvgIpc) is 2.75. The van der Waals surface area contributed by atoms with Crippen LogP contribution in [0.2, 0.25) is 0 Å². The van der Waals surface area contributed by atoms with Crippen LogP contribution in [0.1, 0.15) is 16.1 Å². The number of aromatic hydroxyl groups is 1. The van der Waals surface area contributed by atoms with Crippen molar-refractivity contribution in [2.45, 2.75) is 6.54 Å². The van der Waals surface area contributed by atoms with Crippen molar-refractivity contribution in [3.63, 3.8) is 0 Å². The molecule has 2 aromatic rings. The molecule has 0 saturated carbocycles. The highest BCUT2D eigenvalue weighted by Crippen LogP contribution is 2.21. The molecule has 0 aliphatic rings. The first-order chi connectivity index (χ1) is 8.56. The Morgan fingerprint density at radius 1 is 1.50 bits per heavy atom. The Kier molecular flexibility index (Phi) is 3.83. The molecule has 7 heteroatoms. The topological polar surface area (TPSA) is 82.2 Å². The number of carbonyl (C=O) groups is 1. The van der Waals surface area contributed by atoms with E-state index in [9.17, 15) is 14.7 Å². The van der Waals surface area contributed by atoms with E-state index in [-0.39, 0.29) is 22.7 Å². The highest BCUT2D eigenvalue weighted by molar-refractivity contribution is 9.10. The number of H-pyrrole nitrogens is 1. The van der Waals surface area contributed by atoms with Crippen LogP contribution in [0.15, 0.2) is 32.8 Å². The fourth-order valence-corrected chi connectivity index (χ4v) is 2.30. The molecule has 0 atom stereocenters. The van der Waals surface area contributed by atoms with Crippen LogP contribution in [0.3, 0.4) is 0 Å². The summed E-state index contributed by atoms with van der Waals surface area (Å²) in [6.07, 6.45) is 0. The number of rotatable bonds is 3. The first kappa shape index (κ1) is 12.8. The van der Waals surface area contributed by atoms with Crippen LogP contribution in [-0.4, -0.2) is 16.0 Å². The van der Waals surface area contributed by atoms with Crippen molar-refractivity contribution in [1.82, 2.24) is 10.3 Å². The third kappa shape index (κ3) is 2.99. The molecule has 0 aliphatic carbocycles. The normalized spacial score (nSPS) is 10.3. The molecule has 0 bridgehead atoms. The van der Waals surface area contributed by atoms with Gasteiger partial charge in [-0.1, -0.05) is 27.3 Å². The van der Waals surface area contributed by atoms with Crippen molar-refractivity contribution < 1.29 is 9.90 Å². The van der Waals surface area contributed by atoms with Gasteiger partial charge in [-0.3, -0.25) is 9.59 Å². The second kappa shape index (κ2) is 5.36. The first-order valence-electron chi connectivity index (χ1n) is 4.99. The van der Waals surface area contributed by atoms with Crippen LogP contribution in [0.25, 0.3) is 0 Å². The van der Waals surface area contributed by atoms with Gasteiger partial charge in [-0.2, -0.15) is 0 Å². The summed E-state index contributed by atoms with van der Waals surface area (Å²) in [5.74, 6) is -0.490. The van der Waals surface area contributed by atoms with E-state index in [0.717, 1.165) is 11.3 Å². The number of thiazole rings is 1. The minimum Gasteiger partial charge on any atom is -0.507 e. The zero-order chi connectivity index (χ0) is 13.1. The number of phenols is 1. The number of amides is 1. The molecular formula is C11H9BrN2O3S. The van der Waals surface area contributed by atoms with Gasteiger partial charge >= 0.3 is 4.87 Å². The zero-order valence-corrected chi connectivity index (χ0v) is 11.5. The third-order valence-corrected chi connectivity index (χ3v) is 3.43. The van der Waals surface area contributed by atoms with Gasteiger partial charge in [-0.15, -0.1) is 0 Å². The molecule has 5 nitrogen and oxygen atoms in total. The minimum atomic E-state index is -0.402. The minimum absolute atomic E-state index is 0.0884. The summed E-state index contributed by atoms with van der Waals surface area (Å²) in [4.78, 5) is 25.1. The lowest BCUT2D eigenvalue weighted by molar-refractivity contribution is 0.0947. The van der Waals surface area contributed by atoms with Gasteiger partial charge in [0.1, 0.15) is 5.75 Å². The number of carbonyl (C=O) groups excluding carboxylic acids is 1. The lowest BCUT2D eigenvalue weighted by Crippen LogP contribution is -2.23. The number of halogens is 1. The van der Waals surface area contributed by atoms with Gasteiger partial charge in [0.05, 0.1) is 12.1 Å². The average molecular weight is 329 g/mol. The number of hydrogen-bond acceptors (Lipinski definition) is 4. The molecule has 0 fully saturated rings.